The summed E-state index contributed by atoms with van der Waals surface area (Å²) in [6.07, 6.45) is -0.0654. The van der Waals surface area contributed by atoms with Crippen molar-refractivity contribution >= 4 is 5.97 Å². The van der Waals surface area contributed by atoms with Crippen LogP contribution in [0.5, 0.6) is 0 Å². The normalized spacial score (nSPS) is 18.9. The number of benzene rings is 1. The first-order valence-electron chi connectivity index (χ1n) is 6.88. The van der Waals surface area contributed by atoms with Crippen molar-refractivity contribution in [1.82, 2.24) is 9.80 Å². The number of rotatable bonds is 4. The fraction of sp³-hybridized carbons (Fsp3) is 0.533. The van der Waals surface area contributed by atoms with Gasteiger partial charge in [0.1, 0.15) is 5.82 Å². The van der Waals surface area contributed by atoms with Crippen molar-refractivity contribution in [3.05, 3.63) is 35.1 Å². The summed E-state index contributed by atoms with van der Waals surface area (Å²) in [4.78, 5) is 15.4. The van der Waals surface area contributed by atoms with Crippen LogP contribution in [-0.2, 0) is 4.79 Å². The van der Waals surface area contributed by atoms with Crippen LogP contribution in [0.1, 0.15) is 23.6 Å². The first-order chi connectivity index (χ1) is 9.47. The van der Waals surface area contributed by atoms with Crippen LogP contribution in [0.25, 0.3) is 0 Å². The molecule has 0 saturated carbocycles. The summed E-state index contributed by atoms with van der Waals surface area (Å²) >= 11 is 0. The van der Waals surface area contributed by atoms with Gasteiger partial charge in [-0.05, 0) is 20.0 Å². The van der Waals surface area contributed by atoms with Crippen LogP contribution in [0.2, 0.25) is 0 Å². The van der Waals surface area contributed by atoms with E-state index < -0.39 is 5.97 Å². The molecular weight excluding hydrogens is 259 g/mol. The van der Waals surface area contributed by atoms with Crippen LogP contribution in [0.3, 0.4) is 0 Å². The second-order valence-electron chi connectivity index (χ2n) is 5.48. The summed E-state index contributed by atoms with van der Waals surface area (Å²) in [5.74, 6) is -1.21. The third-order valence-corrected chi connectivity index (χ3v) is 3.86. The zero-order valence-electron chi connectivity index (χ0n) is 12.0. The molecule has 1 saturated heterocycles. The predicted molar refractivity (Wildman–Crippen MR) is 75.2 cm³/mol. The molecule has 1 aliphatic heterocycles. The first kappa shape index (κ1) is 14.9. The van der Waals surface area contributed by atoms with E-state index in [9.17, 15) is 9.18 Å². The van der Waals surface area contributed by atoms with Gasteiger partial charge in [-0.3, -0.25) is 9.69 Å². The number of nitrogens with zero attached hydrogens (tertiary/aromatic N) is 2. The second kappa shape index (κ2) is 6.33. The highest BCUT2D eigenvalue weighted by atomic mass is 19.1. The summed E-state index contributed by atoms with van der Waals surface area (Å²) in [5.41, 5.74) is 1.45. The lowest BCUT2D eigenvalue weighted by Gasteiger charge is -2.37. The number of hydrogen-bond donors (Lipinski definition) is 1. The van der Waals surface area contributed by atoms with Crippen LogP contribution in [0, 0.1) is 12.7 Å². The topological polar surface area (TPSA) is 43.8 Å². The molecule has 2 rings (SSSR count). The monoisotopic (exact) mass is 280 g/mol. The summed E-state index contributed by atoms with van der Waals surface area (Å²) < 4.78 is 14.1. The molecule has 0 aliphatic carbocycles. The van der Waals surface area contributed by atoms with Crippen molar-refractivity contribution < 1.29 is 14.3 Å². The molecule has 1 heterocycles. The largest absolute Gasteiger partial charge is 0.481 e. The molecule has 1 unspecified atom stereocenters. The van der Waals surface area contributed by atoms with Gasteiger partial charge in [0.25, 0.3) is 0 Å². The Labute approximate surface area is 118 Å². The van der Waals surface area contributed by atoms with Crippen LogP contribution >= 0.6 is 0 Å². The highest BCUT2D eigenvalue weighted by Crippen LogP contribution is 2.28. The Morgan fingerprint density at radius 1 is 1.35 bits per heavy atom. The lowest BCUT2D eigenvalue weighted by Crippen LogP contribution is -2.46. The average Bonchev–Trinajstić information content (AvgIpc) is 2.40. The first-order valence-corrected chi connectivity index (χ1v) is 6.88. The van der Waals surface area contributed by atoms with E-state index in [4.69, 9.17) is 5.11 Å². The Bertz CT molecular complexity index is 485. The van der Waals surface area contributed by atoms with E-state index in [-0.39, 0.29) is 18.3 Å². The fourth-order valence-electron chi connectivity index (χ4n) is 2.65. The Kier molecular flexibility index (Phi) is 4.73. The molecule has 1 atom stereocenters. The van der Waals surface area contributed by atoms with Gasteiger partial charge in [-0.1, -0.05) is 17.7 Å². The maximum absolute atomic E-state index is 14.1. The molecule has 0 spiro atoms. The third kappa shape index (κ3) is 3.55. The second-order valence-corrected chi connectivity index (χ2v) is 5.48. The van der Waals surface area contributed by atoms with Crippen LogP contribution in [-0.4, -0.2) is 54.1 Å². The Morgan fingerprint density at radius 3 is 2.60 bits per heavy atom. The summed E-state index contributed by atoms with van der Waals surface area (Å²) in [7, 11) is 2.04. The molecule has 0 bridgehead atoms. The standard InChI is InChI=1S/C15H21FN2O2/c1-11-3-4-13(16)12(9-11)14(10-15(19)20)18-7-5-17(2)6-8-18/h3-4,9,14H,5-8,10H2,1-2H3,(H,19,20). The third-order valence-electron chi connectivity index (χ3n) is 3.86. The van der Waals surface area contributed by atoms with E-state index in [2.05, 4.69) is 9.80 Å². The molecular formula is C15H21FN2O2. The lowest BCUT2D eigenvalue weighted by atomic mass is 9.98. The van der Waals surface area contributed by atoms with Gasteiger partial charge in [0.2, 0.25) is 0 Å². The number of likely N-dealkylation sites (N-methyl/N-ethyl adjacent to an activating group) is 1. The smallest absolute Gasteiger partial charge is 0.305 e. The van der Waals surface area contributed by atoms with Gasteiger partial charge >= 0.3 is 5.97 Å². The molecule has 1 N–H and O–H groups in total. The number of halogens is 1. The molecule has 5 heteroatoms. The van der Waals surface area contributed by atoms with E-state index in [0.29, 0.717) is 5.56 Å². The van der Waals surface area contributed by atoms with Crippen molar-refractivity contribution in [2.24, 2.45) is 0 Å². The van der Waals surface area contributed by atoms with E-state index in [1.54, 1.807) is 12.1 Å². The fourth-order valence-corrected chi connectivity index (χ4v) is 2.65. The SMILES string of the molecule is Cc1ccc(F)c(C(CC(=O)O)N2CCN(C)CC2)c1. The van der Waals surface area contributed by atoms with Gasteiger partial charge in [0.05, 0.1) is 6.42 Å². The highest BCUT2D eigenvalue weighted by Gasteiger charge is 2.28. The quantitative estimate of drug-likeness (QED) is 0.915. The molecule has 1 aromatic rings. The average molecular weight is 280 g/mol. The molecule has 110 valence electrons. The Hall–Kier alpha value is -1.46. The molecule has 1 aromatic carbocycles. The minimum atomic E-state index is -0.894. The predicted octanol–water partition coefficient (Wildman–Crippen LogP) is 1.90. The molecule has 1 fully saturated rings. The lowest BCUT2D eigenvalue weighted by molar-refractivity contribution is -0.138. The van der Waals surface area contributed by atoms with Crippen molar-refractivity contribution in [3.63, 3.8) is 0 Å². The van der Waals surface area contributed by atoms with E-state index in [0.717, 1.165) is 31.7 Å². The molecule has 0 amide bonds. The van der Waals surface area contributed by atoms with Gasteiger partial charge in [-0.25, -0.2) is 4.39 Å². The number of hydrogen-bond acceptors (Lipinski definition) is 3. The van der Waals surface area contributed by atoms with Crippen molar-refractivity contribution in [2.75, 3.05) is 33.2 Å². The van der Waals surface area contributed by atoms with E-state index in [1.807, 2.05) is 14.0 Å². The summed E-state index contributed by atoms with van der Waals surface area (Å²) in [6, 6.07) is 4.51. The van der Waals surface area contributed by atoms with E-state index in [1.165, 1.54) is 6.07 Å². The number of aryl methyl sites for hydroxylation is 1. The van der Waals surface area contributed by atoms with Gasteiger partial charge in [-0.2, -0.15) is 0 Å². The minimum absolute atomic E-state index is 0.0654. The number of aliphatic carboxylic acids is 1. The summed E-state index contributed by atoms with van der Waals surface area (Å²) in [6.45, 7) is 5.18. The molecule has 20 heavy (non-hydrogen) atoms. The molecule has 0 aromatic heterocycles. The van der Waals surface area contributed by atoms with Gasteiger partial charge < -0.3 is 10.0 Å². The number of carboxylic acid groups (broad SMARTS) is 1. The number of carboxylic acids is 1. The number of carbonyl (C=O) groups is 1. The molecule has 4 nitrogen and oxygen atoms in total. The van der Waals surface area contributed by atoms with Crippen LogP contribution < -0.4 is 0 Å². The molecule has 1 aliphatic rings. The number of piperazine rings is 1. The minimum Gasteiger partial charge on any atom is -0.481 e. The Balaban J connectivity index is 2.27. The zero-order chi connectivity index (χ0) is 14.7. The van der Waals surface area contributed by atoms with Crippen LogP contribution in [0.15, 0.2) is 18.2 Å². The van der Waals surface area contributed by atoms with Crippen molar-refractivity contribution in [2.45, 2.75) is 19.4 Å². The van der Waals surface area contributed by atoms with Crippen molar-refractivity contribution in [3.8, 4) is 0 Å². The molecule has 0 radical (unpaired) electrons. The summed E-state index contributed by atoms with van der Waals surface area (Å²) in [5, 5.41) is 9.13. The maximum atomic E-state index is 14.1. The van der Waals surface area contributed by atoms with Gasteiger partial charge in [0.15, 0.2) is 0 Å². The van der Waals surface area contributed by atoms with Gasteiger partial charge in [0, 0.05) is 37.8 Å². The maximum Gasteiger partial charge on any atom is 0.305 e. The van der Waals surface area contributed by atoms with Crippen LogP contribution in [0.4, 0.5) is 4.39 Å². The Morgan fingerprint density at radius 2 is 2.00 bits per heavy atom. The van der Waals surface area contributed by atoms with Crippen molar-refractivity contribution in [1.29, 1.82) is 0 Å². The zero-order valence-corrected chi connectivity index (χ0v) is 12.0. The van der Waals surface area contributed by atoms with E-state index >= 15 is 0 Å². The van der Waals surface area contributed by atoms with Gasteiger partial charge in [-0.15, -0.1) is 0 Å². The highest BCUT2D eigenvalue weighted by molar-refractivity contribution is 5.68.